The molecule has 0 aliphatic heterocycles. The monoisotopic (exact) mass is 486 g/mol. The average Bonchev–Trinajstić information content (AvgIpc) is 2.60. The highest BCUT2D eigenvalue weighted by atomic mass is 79.9. The van der Waals surface area contributed by atoms with Crippen LogP contribution in [-0.4, -0.2) is 31.4 Å². The summed E-state index contributed by atoms with van der Waals surface area (Å²) in [6, 6.07) is 10.6. The van der Waals surface area contributed by atoms with Crippen LogP contribution in [0.1, 0.15) is 18.9 Å². The van der Waals surface area contributed by atoms with Crippen LogP contribution in [0.15, 0.2) is 40.9 Å². The third-order valence-corrected chi connectivity index (χ3v) is 5.25. The molecule has 0 saturated carbocycles. The number of nitrogens with one attached hydrogen (secondary N) is 3. The van der Waals surface area contributed by atoms with Crippen molar-refractivity contribution < 1.29 is 14.5 Å². The Labute approximate surface area is 183 Å². The highest BCUT2D eigenvalue weighted by Crippen LogP contribution is 2.25. The Kier molecular flexibility index (Phi) is 8.76. The van der Waals surface area contributed by atoms with Gasteiger partial charge < -0.3 is 15.5 Å². The number of benzene rings is 2. The molecule has 2 aromatic rings. The molecule has 0 radical (unpaired) electrons. The van der Waals surface area contributed by atoms with E-state index in [1.807, 2.05) is 32.0 Å². The number of amides is 2. The number of halogens is 3. The van der Waals surface area contributed by atoms with Gasteiger partial charge in [-0.1, -0.05) is 36.2 Å². The number of hydrogen-bond donors (Lipinski definition) is 3. The Hall–Kier alpha value is -1.60. The summed E-state index contributed by atoms with van der Waals surface area (Å²) in [5.41, 5.74) is 2.27. The lowest BCUT2D eigenvalue weighted by Gasteiger charge is -2.18. The van der Waals surface area contributed by atoms with E-state index < -0.39 is 0 Å². The standard InChI is InChI=1S/C20H22BrCl2N3O2/c1-3-8-26(11-19(27)24-17-7-4-13(2)9-15(17)21)12-20(28)25-18-10-14(22)5-6-16(18)23/h4-7,9-10H,3,8,11-12H2,1-2H3,(H,24,27)(H,25,28)/p+1. The first kappa shape index (κ1) is 22.7. The van der Waals surface area contributed by atoms with Gasteiger partial charge in [0.2, 0.25) is 0 Å². The fourth-order valence-electron chi connectivity index (χ4n) is 2.75. The van der Waals surface area contributed by atoms with Crippen molar-refractivity contribution in [3.63, 3.8) is 0 Å². The van der Waals surface area contributed by atoms with Crippen LogP contribution in [0.3, 0.4) is 0 Å². The second kappa shape index (κ2) is 10.8. The summed E-state index contributed by atoms with van der Waals surface area (Å²) < 4.78 is 0.825. The third-order valence-electron chi connectivity index (χ3n) is 4.03. The number of aryl methyl sites for hydroxylation is 1. The van der Waals surface area contributed by atoms with Crippen molar-refractivity contribution in [2.24, 2.45) is 0 Å². The first-order chi connectivity index (χ1) is 13.3. The first-order valence-corrected chi connectivity index (χ1v) is 10.5. The van der Waals surface area contributed by atoms with Crippen LogP contribution in [-0.2, 0) is 9.59 Å². The van der Waals surface area contributed by atoms with Gasteiger partial charge in [-0.25, -0.2) is 0 Å². The molecule has 0 heterocycles. The number of anilines is 2. The summed E-state index contributed by atoms with van der Waals surface area (Å²) in [4.78, 5) is 25.7. The van der Waals surface area contributed by atoms with Crippen LogP contribution in [0, 0.1) is 6.92 Å². The molecule has 28 heavy (non-hydrogen) atoms. The van der Waals surface area contributed by atoms with Gasteiger partial charge in [0, 0.05) is 9.50 Å². The molecule has 150 valence electrons. The van der Waals surface area contributed by atoms with Gasteiger partial charge in [0.05, 0.1) is 22.9 Å². The zero-order valence-corrected chi connectivity index (χ0v) is 18.8. The zero-order chi connectivity index (χ0) is 20.7. The molecule has 1 unspecified atom stereocenters. The van der Waals surface area contributed by atoms with Crippen molar-refractivity contribution >= 4 is 62.3 Å². The Morgan fingerprint density at radius 1 is 1.00 bits per heavy atom. The number of carbonyl (C=O) groups is 2. The van der Waals surface area contributed by atoms with Gasteiger partial charge >= 0.3 is 0 Å². The fourth-order valence-corrected chi connectivity index (χ4v) is 3.68. The summed E-state index contributed by atoms with van der Waals surface area (Å²) in [7, 11) is 0. The van der Waals surface area contributed by atoms with E-state index >= 15 is 0 Å². The lowest BCUT2D eigenvalue weighted by atomic mass is 10.2. The van der Waals surface area contributed by atoms with E-state index in [1.165, 1.54) is 0 Å². The molecule has 0 aromatic heterocycles. The van der Waals surface area contributed by atoms with E-state index in [2.05, 4.69) is 26.6 Å². The molecular formula is C20H23BrCl2N3O2+. The van der Waals surface area contributed by atoms with Crippen LogP contribution in [0.2, 0.25) is 10.0 Å². The van der Waals surface area contributed by atoms with E-state index in [1.54, 1.807) is 18.2 Å². The largest absolute Gasteiger partial charge is 0.320 e. The van der Waals surface area contributed by atoms with E-state index in [-0.39, 0.29) is 24.9 Å². The highest BCUT2D eigenvalue weighted by molar-refractivity contribution is 9.10. The minimum Gasteiger partial charge on any atom is -0.320 e. The lowest BCUT2D eigenvalue weighted by Crippen LogP contribution is -3.14. The van der Waals surface area contributed by atoms with Crippen molar-refractivity contribution in [1.82, 2.24) is 0 Å². The predicted molar refractivity (Wildman–Crippen MR) is 118 cm³/mol. The summed E-state index contributed by atoms with van der Waals surface area (Å²) in [5, 5.41) is 6.55. The van der Waals surface area contributed by atoms with E-state index in [9.17, 15) is 9.59 Å². The van der Waals surface area contributed by atoms with Crippen LogP contribution in [0.4, 0.5) is 11.4 Å². The van der Waals surface area contributed by atoms with Crippen LogP contribution >= 0.6 is 39.1 Å². The molecule has 2 aromatic carbocycles. The molecule has 8 heteroatoms. The van der Waals surface area contributed by atoms with Gasteiger partial charge in [0.15, 0.2) is 13.1 Å². The number of quaternary nitrogens is 1. The Bertz CT molecular complexity index is 861. The summed E-state index contributed by atoms with van der Waals surface area (Å²) in [6.45, 7) is 5.03. The molecule has 0 bridgehead atoms. The van der Waals surface area contributed by atoms with Crippen LogP contribution in [0.25, 0.3) is 0 Å². The maximum atomic E-state index is 12.5. The van der Waals surface area contributed by atoms with E-state index in [0.29, 0.717) is 28.0 Å². The van der Waals surface area contributed by atoms with Crippen LogP contribution < -0.4 is 15.5 Å². The molecule has 0 aliphatic rings. The quantitative estimate of drug-likeness (QED) is 0.528. The molecule has 2 amide bonds. The predicted octanol–water partition coefficient (Wildman–Crippen LogP) is 3.94. The minimum atomic E-state index is -0.225. The first-order valence-electron chi connectivity index (χ1n) is 8.93. The highest BCUT2D eigenvalue weighted by Gasteiger charge is 2.19. The van der Waals surface area contributed by atoms with Crippen LogP contribution in [0.5, 0.6) is 0 Å². The second-order valence-corrected chi connectivity index (χ2v) is 8.26. The molecule has 0 fully saturated rings. The van der Waals surface area contributed by atoms with Crippen molar-refractivity contribution in [1.29, 1.82) is 0 Å². The van der Waals surface area contributed by atoms with Crippen molar-refractivity contribution in [2.45, 2.75) is 20.3 Å². The molecule has 1 atom stereocenters. The maximum Gasteiger partial charge on any atom is 0.279 e. The third kappa shape index (κ3) is 7.09. The normalized spacial score (nSPS) is 11.8. The van der Waals surface area contributed by atoms with Gasteiger partial charge in [0.1, 0.15) is 0 Å². The second-order valence-electron chi connectivity index (χ2n) is 6.56. The van der Waals surface area contributed by atoms with Gasteiger partial charge in [0.25, 0.3) is 11.8 Å². The topological polar surface area (TPSA) is 62.6 Å². The molecule has 5 nitrogen and oxygen atoms in total. The number of hydrogen-bond acceptors (Lipinski definition) is 2. The molecular weight excluding hydrogens is 465 g/mol. The molecule has 3 N–H and O–H groups in total. The molecule has 2 rings (SSSR count). The van der Waals surface area contributed by atoms with Gasteiger partial charge in [-0.15, -0.1) is 0 Å². The number of rotatable bonds is 8. The lowest BCUT2D eigenvalue weighted by molar-refractivity contribution is -0.883. The molecule has 0 spiro atoms. The smallest absolute Gasteiger partial charge is 0.279 e. The van der Waals surface area contributed by atoms with Crippen molar-refractivity contribution in [3.05, 3.63) is 56.5 Å². The zero-order valence-electron chi connectivity index (χ0n) is 15.7. The van der Waals surface area contributed by atoms with Gasteiger partial charge in [-0.3, -0.25) is 9.59 Å². The van der Waals surface area contributed by atoms with Crippen molar-refractivity contribution in [3.8, 4) is 0 Å². The maximum absolute atomic E-state index is 12.5. The van der Waals surface area contributed by atoms with Gasteiger partial charge in [-0.2, -0.15) is 0 Å². The Morgan fingerprint density at radius 2 is 1.64 bits per heavy atom. The SMILES string of the molecule is CCC[NH+](CC(=O)Nc1cc(Cl)ccc1Cl)CC(=O)Nc1ccc(C)cc1Br. The summed E-state index contributed by atoms with van der Waals surface area (Å²) in [5.74, 6) is -0.376. The average molecular weight is 488 g/mol. The summed E-state index contributed by atoms with van der Waals surface area (Å²) in [6.07, 6.45) is 0.849. The Balaban J connectivity index is 1.97. The summed E-state index contributed by atoms with van der Waals surface area (Å²) >= 11 is 15.5. The Morgan fingerprint density at radius 3 is 2.25 bits per heavy atom. The molecule has 0 aliphatic carbocycles. The molecule has 0 saturated heterocycles. The fraction of sp³-hybridized carbons (Fsp3) is 0.300. The van der Waals surface area contributed by atoms with Gasteiger partial charge in [-0.05, 0) is 65.2 Å². The van der Waals surface area contributed by atoms with E-state index in [4.69, 9.17) is 23.2 Å². The van der Waals surface area contributed by atoms with E-state index in [0.717, 1.165) is 21.4 Å². The van der Waals surface area contributed by atoms with Crippen molar-refractivity contribution in [2.75, 3.05) is 30.3 Å². The number of carbonyl (C=O) groups excluding carboxylic acids is 2. The minimum absolute atomic E-state index is 0.151.